The quantitative estimate of drug-likeness (QED) is 0.590. The largest absolute Gasteiger partial charge is 0.407 e. The van der Waals surface area contributed by atoms with Crippen LogP contribution in [-0.4, -0.2) is 18.1 Å². The molecule has 0 unspecified atom stereocenters. The Morgan fingerprint density at radius 1 is 1.18 bits per heavy atom. The number of ketones is 1. The standard InChI is InChI=1S/C9H6F6OS/c1-4-2-3-17-6(4)5(16)7(8(10,11)12)9(13,14)15/h2-3,7H,1H3. The van der Waals surface area contributed by atoms with E-state index in [1.54, 1.807) is 0 Å². The number of aryl methyl sites for hydroxylation is 1. The highest BCUT2D eigenvalue weighted by molar-refractivity contribution is 7.12. The smallest absolute Gasteiger partial charge is 0.292 e. The van der Waals surface area contributed by atoms with Gasteiger partial charge in [-0.15, -0.1) is 11.3 Å². The van der Waals surface area contributed by atoms with Gasteiger partial charge in [0, 0.05) is 0 Å². The highest BCUT2D eigenvalue weighted by Gasteiger charge is 2.61. The number of Topliss-reactive ketones (excluding diaryl/α,β-unsaturated/α-hetero) is 1. The van der Waals surface area contributed by atoms with Crippen LogP contribution in [0.4, 0.5) is 26.3 Å². The van der Waals surface area contributed by atoms with E-state index in [0.29, 0.717) is 11.3 Å². The minimum atomic E-state index is -5.63. The van der Waals surface area contributed by atoms with Crippen LogP contribution >= 0.6 is 11.3 Å². The highest BCUT2D eigenvalue weighted by Crippen LogP contribution is 2.42. The van der Waals surface area contributed by atoms with Crippen LogP contribution in [0.5, 0.6) is 0 Å². The van der Waals surface area contributed by atoms with Crippen molar-refractivity contribution in [3.8, 4) is 0 Å². The molecule has 0 bridgehead atoms. The van der Waals surface area contributed by atoms with Crippen LogP contribution in [-0.2, 0) is 0 Å². The van der Waals surface area contributed by atoms with Crippen LogP contribution in [0.3, 0.4) is 0 Å². The molecule has 0 aliphatic heterocycles. The topological polar surface area (TPSA) is 17.1 Å². The Hall–Kier alpha value is -1.05. The van der Waals surface area contributed by atoms with Crippen LogP contribution in [0.2, 0.25) is 0 Å². The van der Waals surface area contributed by atoms with Gasteiger partial charge in [-0.2, -0.15) is 26.3 Å². The van der Waals surface area contributed by atoms with E-state index >= 15 is 0 Å². The average Bonchev–Trinajstić information content (AvgIpc) is 2.45. The van der Waals surface area contributed by atoms with Gasteiger partial charge in [0.2, 0.25) is 5.92 Å². The maximum Gasteiger partial charge on any atom is 0.407 e. The molecule has 1 nitrogen and oxygen atoms in total. The van der Waals surface area contributed by atoms with Crippen molar-refractivity contribution >= 4 is 17.1 Å². The minimum Gasteiger partial charge on any atom is -0.292 e. The first-order valence-corrected chi connectivity index (χ1v) is 5.15. The Kier molecular flexibility index (Phi) is 3.56. The molecule has 8 heteroatoms. The van der Waals surface area contributed by atoms with E-state index in [-0.39, 0.29) is 5.56 Å². The van der Waals surface area contributed by atoms with Crippen molar-refractivity contribution in [3.05, 3.63) is 21.9 Å². The molecule has 96 valence electrons. The zero-order valence-electron chi connectivity index (χ0n) is 8.32. The average molecular weight is 276 g/mol. The van der Waals surface area contributed by atoms with E-state index in [2.05, 4.69) is 0 Å². The molecule has 0 saturated heterocycles. The number of halogens is 6. The van der Waals surface area contributed by atoms with Crippen molar-refractivity contribution < 1.29 is 31.1 Å². The van der Waals surface area contributed by atoms with E-state index in [1.165, 1.54) is 18.4 Å². The molecule has 0 amide bonds. The third-order valence-electron chi connectivity index (χ3n) is 2.00. The number of carbonyl (C=O) groups is 1. The van der Waals surface area contributed by atoms with Crippen molar-refractivity contribution in [2.75, 3.05) is 0 Å². The van der Waals surface area contributed by atoms with Gasteiger partial charge < -0.3 is 0 Å². The Labute approximate surface area is 96.1 Å². The monoisotopic (exact) mass is 276 g/mol. The molecule has 17 heavy (non-hydrogen) atoms. The van der Waals surface area contributed by atoms with Gasteiger partial charge in [0.15, 0.2) is 5.78 Å². The maximum atomic E-state index is 12.3. The molecule has 1 aromatic heterocycles. The molecular weight excluding hydrogens is 270 g/mol. The van der Waals surface area contributed by atoms with Gasteiger partial charge in [0.1, 0.15) is 0 Å². The predicted molar refractivity (Wildman–Crippen MR) is 49.0 cm³/mol. The lowest BCUT2D eigenvalue weighted by atomic mass is 10.00. The summed E-state index contributed by atoms with van der Waals surface area (Å²) in [5, 5.41) is 1.27. The van der Waals surface area contributed by atoms with E-state index in [4.69, 9.17) is 0 Å². The van der Waals surface area contributed by atoms with Crippen molar-refractivity contribution in [1.29, 1.82) is 0 Å². The Morgan fingerprint density at radius 2 is 1.65 bits per heavy atom. The van der Waals surface area contributed by atoms with Crippen LogP contribution < -0.4 is 0 Å². The van der Waals surface area contributed by atoms with Crippen LogP contribution in [0.25, 0.3) is 0 Å². The fourth-order valence-electron chi connectivity index (χ4n) is 1.24. The normalized spacial score (nSPS) is 13.2. The first kappa shape index (κ1) is 14.0. The molecular formula is C9H6F6OS. The second-order valence-corrected chi connectivity index (χ2v) is 4.23. The molecule has 0 saturated carbocycles. The van der Waals surface area contributed by atoms with Gasteiger partial charge in [-0.25, -0.2) is 0 Å². The van der Waals surface area contributed by atoms with Crippen molar-refractivity contribution in [2.24, 2.45) is 5.92 Å². The molecule has 0 spiro atoms. The van der Waals surface area contributed by atoms with Crippen LogP contribution in [0.1, 0.15) is 15.2 Å². The molecule has 1 heterocycles. The number of alkyl halides is 6. The minimum absolute atomic E-state index is 0.110. The fourth-order valence-corrected chi connectivity index (χ4v) is 2.14. The lowest BCUT2D eigenvalue weighted by molar-refractivity contribution is -0.264. The van der Waals surface area contributed by atoms with Gasteiger partial charge in [-0.05, 0) is 23.9 Å². The van der Waals surface area contributed by atoms with Crippen molar-refractivity contribution in [3.63, 3.8) is 0 Å². The molecule has 0 aliphatic rings. The molecule has 0 N–H and O–H groups in total. The predicted octanol–water partition coefficient (Wildman–Crippen LogP) is 3.98. The van der Waals surface area contributed by atoms with Crippen molar-refractivity contribution in [2.45, 2.75) is 19.3 Å². The Morgan fingerprint density at radius 3 is 1.94 bits per heavy atom. The fraction of sp³-hybridized carbons (Fsp3) is 0.444. The van der Waals surface area contributed by atoms with Crippen molar-refractivity contribution in [1.82, 2.24) is 0 Å². The molecule has 0 aliphatic carbocycles. The maximum absolute atomic E-state index is 12.3. The van der Waals surface area contributed by atoms with E-state index in [0.717, 1.165) is 0 Å². The van der Waals surface area contributed by atoms with E-state index in [1.807, 2.05) is 0 Å². The summed E-state index contributed by atoms with van der Waals surface area (Å²) in [4.78, 5) is 10.8. The van der Waals surface area contributed by atoms with Gasteiger partial charge in [0.25, 0.3) is 0 Å². The summed E-state index contributed by atoms with van der Waals surface area (Å²) in [7, 11) is 0. The summed E-state index contributed by atoms with van der Waals surface area (Å²) < 4.78 is 73.5. The van der Waals surface area contributed by atoms with Gasteiger partial charge >= 0.3 is 12.4 Å². The van der Waals surface area contributed by atoms with Gasteiger partial charge in [0.05, 0.1) is 4.88 Å². The van der Waals surface area contributed by atoms with Gasteiger partial charge in [-0.1, -0.05) is 0 Å². The number of rotatable bonds is 2. The lowest BCUT2D eigenvalue weighted by Crippen LogP contribution is -2.42. The number of hydrogen-bond donors (Lipinski definition) is 0. The zero-order valence-corrected chi connectivity index (χ0v) is 9.13. The summed E-state index contributed by atoms with van der Waals surface area (Å²) in [6.45, 7) is 1.29. The van der Waals surface area contributed by atoms with E-state index in [9.17, 15) is 31.1 Å². The van der Waals surface area contributed by atoms with E-state index < -0.39 is 28.9 Å². The molecule has 0 aromatic carbocycles. The number of carbonyl (C=O) groups excluding carboxylic acids is 1. The number of hydrogen-bond acceptors (Lipinski definition) is 2. The lowest BCUT2D eigenvalue weighted by Gasteiger charge is -2.21. The SMILES string of the molecule is Cc1ccsc1C(=O)C(C(F)(F)F)C(F)(F)F. The summed E-state index contributed by atoms with van der Waals surface area (Å²) in [6.07, 6.45) is -11.3. The van der Waals surface area contributed by atoms with Crippen LogP contribution in [0, 0.1) is 12.8 Å². The Bertz CT molecular complexity index is 402. The third-order valence-corrected chi connectivity index (χ3v) is 3.03. The first-order chi connectivity index (χ1) is 7.55. The molecule has 0 radical (unpaired) electrons. The summed E-state index contributed by atoms with van der Waals surface area (Å²) in [6, 6.07) is 1.29. The van der Waals surface area contributed by atoms with Gasteiger partial charge in [-0.3, -0.25) is 4.79 Å². The molecule has 0 atom stereocenters. The summed E-state index contributed by atoms with van der Waals surface area (Å²) >= 11 is 0.569. The summed E-state index contributed by atoms with van der Waals surface area (Å²) in [5.41, 5.74) is 0.110. The van der Waals surface area contributed by atoms with Crippen LogP contribution in [0.15, 0.2) is 11.4 Å². The third kappa shape index (κ3) is 2.99. The molecule has 0 fully saturated rings. The second-order valence-electron chi connectivity index (χ2n) is 3.31. The second kappa shape index (κ2) is 4.32. The number of thiophene rings is 1. The summed E-state index contributed by atoms with van der Waals surface area (Å²) in [5.74, 6) is -5.90. The highest BCUT2D eigenvalue weighted by atomic mass is 32.1. The Balaban J connectivity index is 3.18. The molecule has 1 rings (SSSR count). The zero-order chi connectivity index (χ0) is 13.4. The molecule has 1 aromatic rings. The first-order valence-electron chi connectivity index (χ1n) is 4.27.